The number of hydrogen-bond acceptors (Lipinski definition) is 5. The second kappa shape index (κ2) is 4.28. The van der Waals surface area contributed by atoms with Gasteiger partial charge in [0.1, 0.15) is 16.7 Å². The number of methoxy groups -OCH3 is 1. The van der Waals surface area contributed by atoms with E-state index in [1.807, 2.05) is 24.3 Å². The van der Waals surface area contributed by atoms with Gasteiger partial charge in [0.2, 0.25) is 0 Å². The first kappa shape index (κ1) is 11.5. The van der Waals surface area contributed by atoms with Gasteiger partial charge in [-0.15, -0.1) is 0 Å². The van der Waals surface area contributed by atoms with E-state index in [4.69, 9.17) is 9.15 Å². The Bertz CT molecular complexity index is 777. The Morgan fingerprint density at radius 1 is 1.37 bits per heavy atom. The van der Waals surface area contributed by atoms with Crippen LogP contribution >= 0.6 is 0 Å². The number of benzene rings is 1. The van der Waals surface area contributed by atoms with Crippen LogP contribution < -0.4 is 5.32 Å². The summed E-state index contributed by atoms with van der Waals surface area (Å²) < 4.78 is 10.5. The summed E-state index contributed by atoms with van der Waals surface area (Å²) in [6.45, 7) is 0. The molecule has 0 bridgehead atoms. The zero-order valence-electron chi connectivity index (χ0n) is 10.6. The minimum atomic E-state index is -0.445. The van der Waals surface area contributed by atoms with Crippen molar-refractivity contribution in [1.29, 1.82) is 0 Å². The Hall–Kier alpha value is -2.56. The van der Waals surface area contributed by atoms with Crippen molar-refractivity contribution in [3.8, 4) is 0 Å². The summed E-state index contributed by atoms with van der Waals surface area (Å²) in [5.74, 6) is -0.445. The molecule has 2 heterocycles. The summed E-state index contributed by atoms with van der Waals surface area (Å²) in [6, 6.07) is 7.62. The smallest absolute Gasteiger partial charge is 0.341 e. The van der Waals surface area contributed by atoms with Crippen LogP contribution in [-0.4, -0.2) is 25.1 Å². The third-order valence-electron chi connectivity index (χ3n) is 3.04. The van der Waals surface area contributed by atoms with E-state index in [1.165, 1.54) is 13.3 Å². The van der Waals surface area contributed by atoms with E-state index in [0.29, 0.717) is 16.8 Å². The summed E-state index contributed by atoms with van der Waals surface area (Å²) in [7, 11) is 3.07. The minimum Gasteiger partial charge on any atom is -0.465 e. The number of carbonyl (C=O) groups excluding carboxylic acids is 1. The quantitative estimate of drug-likeness (QED) is 0.714. The van der Waals surface area contributed by atoms with Crippen molar-refractivity contribution in [1.82, 2.24) is 4.98 Å². The molecule has 0 spiro atoms. The Morgan fingerprint density at radius 2 is 2.16 bits per heavy atom. The maximum atomic E-state index is 11.7. The predicted molar refractivity (Wildman–Crippen MR) is 72.4 cm³/mol. The van der Waals surface area contributed by atoms with Gasteiger partial charge < -0.3 is 14.5 Å². The van der Waals surface area contributed by atoms with Gasteiger partial charge >= 0.3 is 5.97 Å². The van der Waals surface area contributed by atoms with E-state index in [2.05, 4.69) is 10.3 Å². The fraction of sp³-hybridized carbons (Fsp3) is 0.143. The van der Waals surface area contributed by atoms with Crippen LogP contribution in [0.4, 0.5) is 5.69 Å². The van der Waals surface area contributed by atoms with Crippen molar-refractivity contribution in [3.05, 3.63) is 36.0 Å². The molecular weight excluding hydrogens is 244 g/mol. The predicted octanol–water partition coefficient (Wildman–Crippen LogP) is 2.81. The molecular formula is C14H12N2O3. The lowest BCUT2D eigenvalue weighted by molar-refractivity contribution is 0.0601. The number of fused-ring (bicyclic) bond motifs is 3. The first-order chi connectivity index (χ1) is 9.26. The molecule has 0 radical (unpaired) electrons. The second-order valence-corrected chi connectivity index (χ2v) is 4.06. The number of pyridine rings is 1. The van der Waals surface area contributed by atoms with E-state index < -0.39 is 5.97 Å². The fourth-order valence-corrected chi connectivity index (χ4v) is 2.16. The number of rotatable bonds is 2. The summed E-state index contributed by atoms with van der Waals surface area (Å²) in [5, 5.41) is 3.90. The van der Waals surface area contributed by atoms with Crippen molar-refractivity contribution in [2.75, 3.05) is 19.5 Å². The standard InChI is InChI=1S/C14H12N2O3/c1-15-11-9(14(17)18-2)7-16-12-8-5-3-4-6-10(8)19-13(11)12/h3-7H,1-2H3,(H,15,16). The summed E-state index contributed by atoms with van der Waals surface area (Å²) in [6.07, 6.45) is 1.50. The van der Waals surface area contributed by atoms with E-state index in [9.17, 15) is 4.79 Å². The highest BCUT2D eigenvalue weighted by Crippen LogP contribution is 2.33. The maximum Gasteiger partial charge on any atom is 0.341 e. The van der Waals surface area contributed by atoms with Crippen LogP contribution in [0.25, 0.3) is 22.1 Å². The lowest BCUT2D eigenvalue weighted by Crippen LogP contribution is -2.06. The number of nitrogens with one attached hydrogen (secondary N) is 1. The number of aromatic nitrogens is 1. The highest BCUT2D eigenvalue weighted by molar-refractivity contribution is 6.10. The first-order valence-corrected chi connectivity index (χ1v) is 5.82. The van der Waals surface area contributed by atoms with Crippen LogP contribution in [0.15, 0.2) is 34.9 Å². The number of para-hydroxylation sites is 1. The summed E-state index contributed by atoms with van der Waals surface area (Å²) >= 11 is 0. The number of ether oxygens (including phenoxy) is 1. The molecule has 19 heavy (non-hydrogen) atoms. The molecule has 0 saturated carbocycles. The van der Waals surface area contributed by atoms with Gasteiger partial charge in [-0.05, 0) is 12.1 Å². The molecule has 0 unspecified atom stereocenters. The Kier molecular flexibility index (Phi) is 2.59. The van der Waals surface area contributed by atoms with E-state index >= 15 is 0 Å². The van der Waals surface area contributed by atoms with Crippen LogP contribution in [0.2, 0.25) is 0 Å². The van der Waals surface area contributed by atoms with Gasteiger partial charge in [-0.3, -0.25) is 4.98 Å². The van der Waals surface area contributed by atoms with Crippen LogP contribution in [0.5, 0.6) is 0 Å². The molecule has 0 saturated heterocycles. The highest BCUT2D eigenvalue weighted by Gasteiger charge is 2.19. The Labute approximate surface area is 109 Å². The molecule has 0 amide bonds. The van der Waals surface area contributed by atoms with Crippen molar-refractivity contribution in [3.63, 3.8) is 0 Å². The van der Waals surface area contributed by atoms with E-state index in [1.54, 1.807) is 7.05 Å². The third-order valence-corrected chi connectivity index (χ3v) is 3.04. The molecule has 3 rings (SSSR count). The number of hydrogen-bond donors (Lipinski definition) is 1. The topological polar surface area (TPSA) is 64.4 Å². The van der Waals surface area contributed by atoms with Crippen molar-refractivity contribution >= 4 is 33.7 Å². The first-order valence-electron chi connectivity index (χ1n) is 5.82. The van der Waals surface area contributed by atoms with Gasteiger partial charge in [0, 0.05) is 18.6 Å². The van der Waals surface area contributed by atoms with Crippen molar-refractivity contribution < 1.29 is 13.9 Å². The SMILES string of the molecule is CNc1c(C(=O)OC)cnc2c1oc1ccccc12. The Morgan fingerprint density at radius 3 is 2.89 bits per heavy atom. The molecule has 0 aliphatic carbocycles. The highest BCUT2D eigenvalue weighted by atomic mass is 16.5. The zero-order chi connectivity index (χ0) is 13.4. The molecule has 3 aromatic rings. The summed E-state index contributed by atoms with van der Waals surface area (Å²) in [5.41, 5.74) is 2.98. The Balaban J connectivity index is 2.40. The molecule has 96 valence electrons. The van der Waals surface area contributed by atoms with Crippen LogP contribution in [0.1, 0.15) is 10.4 Å². The monoisotopic (exact) mass is 256 g/mol. The average Bonchev–Trinajstić information content (AvgIpc) is 2.84. The van der Waals surface area contributed by atoms with E-state index in [0.717, 1.165) is 16.5 Å². The van der Waals surface area contributed by atoms with Crippen LogP contribution in [0, 0.1) is 0 Å². The van der Waals surface area contributed by atoms with E-state index in [-0.39, 0.29) is 0 Å². The van der Waals surface area contributed by atoms with Gasteiger partial charge in [0.15, 0.2) is 5.58 Å². The van der Waals surface area contributed by atoms with Gasteiger partial charge in [0.05, 0.1) is 12.8 Å². The van der Waals surface area contributed by atoms with Crippen LogP contribution in [-0.2, 0) is 4.74 Å². The maximum absolute atomic E-state index is 11.7. The molecule has 0 aliphatic rings. The van der Waals surface area contributed by atoms with Gasteiger partial charge in [-0.25, -0.2) is 4.79 Å². The molecule has 0 fully saturated rings. The number of furan rings is 1. The number of anilines is 1. The molecule has 2 aromatic heterocycles. The fourth-order valence-electron chi connectivity index (χ4n) is 2.16. The molecule has 1 aromatic carbocycles. The average molecular weight is 256 g/mol. The molecule has 5 nitrogen and oxygen atoms in total. The number of nitrogens with zero attached hydrogens (tertiary/aromatic N) is 1. The number of carbonyl (C=O) groups is 1. The molecule has 1 N–H and O–H groups in total. The van der Waals surface area contributed by atoms with Crippen molar-refractivity contribution in [2.24, 2.45) is 0 Å². The van der Waals surface area contributed by atoms with Crippen LogP contribution in [0.3, 0.4) is 0 Å². The minimum absolute atomic E-state index is 0.358. The lowest BCUT2D eigenvalue weighted by Gasteiger charge is -2.06. The molecule has 0 aliphatic heterocycles. The van der Waals surface area contributed by atoms with Gasteiger partial charge in [-0.2, -0.15) is 0 Å². The summed E-state index contributed by atoms with van der Waals surface area (Å²) in [4.78, 5) is 16.0. The van der Waals surface area contributed by atoms with Gasteiger partial charge in [0.25, 0.3) is 0 Å². The zero-order valence-corrected chi connectivity index (χ0v) is 10.6. The normalized spacial score (nSPS) is 10.8. The lowest BCUT2D eigenvalue weighted by atomic mass is 10.2. The third kappa shape index (κ3) is 1.62. The van der Waals surface area contributed by atoms with Crippen molar-refractivity contribution in [2.45, 2.75) is 0 Å². The molecule has 0 atom stereocenters. The second-order valence-electron chi connectivity index (χ2n) is 4.06. The van der Waals surface area contributed by atoms with Gasteiger partial charge in [-0.1, -0.05) is 12.1 Å². The molecule has 5 heteroatoms. The largest absolute Gasteiger partial charge is 0.465 e. The number of esters is 1.